The van der Waals surface area contributed by atoms with E-state index in [-0.39, 0.29) is 54.0 Å². The van der Waals surface area contributed by atoms with Gasteiger partial charge in [-0.3, -0.25) is 9.69 Å². The molecule has 1 aliphatic rings. The molecule has 1 heterocycles. The lowest BCUT2D eigenvalue weighted by molar-refractivity contribution is -0.121. The van der Waals surface area contributed by atoms with Crippen molar-refractivity contribution in [1.29, 1.82) is 0 Å². The fraction of sp³-hybridized carbons (Fsp3) is 0.409. The fourth-order valence-corrected chi connectivity index (χ4v) is 6.55. The van der Waals surface area contributed by atoms with Crippen molar-refractivity contribution in [2.75, 3.05) is 43.0 Å². The first-order valence-corrected chi connectivity index (χ1v) is 14.0. The zero-order valence-electron chi connectivity index (χ0n) is 18.6. The number of benzene rings is 2. The van der Waals surface area contributed by atoms with Gasteiger partial charge < -0.3 is 10.4 Å². The van der Waals surface area contributed by atoms with E-state index in [1.807, 2.05) is 6.07 Å². The number of phenolic OH excluding ortho intramolecular Hbond substituents is 1. The lowest BCUT2D eigenvalue weighted by Gasteiger charge is -2.33. The van der Waals surface area contributed by atoms with Crippen LogP contribution < -0.4 is 5.32 Å². The van der Waals surface area contributed by atoms with Gasteiger partial charge in [0, 0.05) is 26.2 Å². The molecule has 0 radical (unpaired) electrons. The van der Waals surface area contributed by atoms with Crippen molar-refractivity contribution in [2.24, 2.45) is 0 Å². The van der Waals surface area contributed by atoms with Gasteiger partial charge in [-0.1, -0.05) is 44.2 Å². The highest BCUT2D eigenvalue weighted by atomic mass is 32.2. The number of nitrogens with zero attached hydrogens (tertiary/aromatic N) is 2. The largest absolute Gasteiger partial charge is 0.506 e. The van der Waals surface area contributed by atoms with Crippen molar-refractivity contribution in [3.8, 4) is 5.75 Å². The summed E-state index contributed by atoms with van der Waals surface area (Å²) in [6, 6.07) is 11.9. The molecule has 3 rings (SSSR count). The minimum Gasteiger partial charge on any atom is -0.506 e. The van der Waals surface area contributed by atoms with Crippen LogP contribution in [0, 0.1) is 0 Å². The predicted molar refractivity (Wildman–Crippen MR) is 126 cm³/mol. The van der Waals surface area contributed by atoms with Gasteiger partial charge in [0.2, 0.25) is 15.9 Å². The van der Waals surface area contributed by atoms with Crippen LogP contribution in [0.3, 0.4) is 0 Å². The van der Waals surface area contributed by atoms with Crippen molar-refractivity contribution in [3.05, 3.63) is 54.1 Å². The first-order valence-electron chi connectivity index (χ1n) is 10.7. The Morgan fingerprint density at radius 2 is 1.70 bits per heavy atom. The number of aromatic hydroxyl groups is 1. The van der Waals surface area contributed by atoms with E-state index in [0.717, 1.165) is 0 Å². The van der Waals surface area contributed by atoms with Gasteiger partial charge in [0.15, 0.2) is 9.84 Å². The number of phenols is 1. The molecule has 0 spiro atoms. The molecule has 1 fully saturated rings. The molecular formula is C22H29N3O6S2. The Morgan fingerprint density at radius 1 is 1.09 bits per heavy atom. The molecule has 0 saturated carbocycles. The van der Waals surface area contributed by atoms with E-state index in [2.05, 4.69) is 5.32 Å². The van der Waals surface area contributed by atoms with E-state index < -0.39 is 31.8 Å². The SMILES string of the molecule is CCN(CC)S(=O)(=O)c1ccc(O)c(NC(=O)C(c2ccccc2)N2CCS(=O)(=O)CC2)c1. The number of nitrogens with one attached hydrogen (secondary N) is 1. The summed E-state index contributed by atoms with van der Waals surface area (Å²) in [5.74, 6) is -0.859. The third kappa shape index (κ3) is 5.72. The third-order valence-electron chi connectivity index (χ3n) is 5.68. The number of hydrogen-bond donors (Lipinski definition) is 2. The van der Waals surface area contributed by atoms with Crippen LogP contribution in [-0.4, -0.2) is 74.7 Å². The first kappa shape index (κ1) is 25.2. The van der Waals surface area contributed by atoms with E-state index in [0.29, 0.717) is 5.56 Å². The molecule has 1 atom stereocenters. The van der Waals surface area contributed by atoms with Gasteiger partial charge in [0.05, 0.1) is 22.1 Å². The summed E-state index contributed by atoms with van der Waals surface area (Å²) in [6.45, 7) is 4.42. The number of sulfone groups is 1. The fourth-order valence-electron chi connectivity index (χ4n) is 3.84. The van der Waals surface area contributed by atoms with Gasteiger partial charge in [-0.2, -0.15) is 4.31 Å². The summed E-state index contributed by atoms with van der Waals surface area (Å²) in [4.78, 5) is 15.1. The van der Waals surface area contributed by atoms with E-state index in [9.17, 15) is 26.7 Å². The quantitative estimate of drug-likeness (QED) is 0.536. The Kier molecular flexibility index (Phi) is 7.78. The van der Waals surface area contributed by atoms with Crippen LogP contribution in [0.15, 0.2) is 53.4 Å². The maximum absolute atomic E-state index is 13.4. The van der Waals surface area contributed by atoms with Crippen LogP contribution in [0.25, 0.3) is 0 Å². The average Bonchev–Trinajstić information content (AvgIpc) is 2.78. The van der Waals surface area contributed by atoms with Crippen LogP contribution >= 0.6 is 0 Å². The molecule has 0 aromatic heterocycles. The molecular weight excluding hydrogens is 466 g/mol. The first-order chi connectivity index (χ1) is 15.6. The van der Waals surface area contributed by atoms with Crippen LogP contribution in [0.5, 0.6) is 5.75 Å². The lowest BCUT2D eigenvalue weighted by atomic mass is 10.0. The van der Waals surface area contributed by atoms with Crippen molar-refractivity contribution >= 4 is 31.5 Å². The second kappa shape index (κ2) is 10.2. The molecule has 33 heavy (non-hydrogen) atoms. The molecule has 0 bridgehead atoms. The van der Waals surface area contributed by atoms with Gasteiger partial charge in [-0.15, -0.1) is 0 Å². The summed E-state index contributed by atoms with van der Waals surface area (Å²) in [5, 5.41) is 13.0. The third-order valence-corrected chi connectivity index (χ3v) is 9.33. The van der Waals surface area contributed by atoms with E-state index >= 15 is 0 Å². The van der Waals surface area contributed by atoms with Crippen LogP contribution in [0.4, 0.5) is 5.69 Å². The van der Waals surface area contributed by atoms with Gasteiger partial charge in [-0.25, -0.2) is 16.8 Å². The van der Waals surface area contributed by atoms with Crippen molar-refractivity contribution in [1.82, 2.24) is 9.21 Å². The Bertz CT molecular complexity index is 1180. The van der Waals surface area contributed by atoms with Gasteiger partial charge in [0.25, 0.3) is 0 Å². The topological polar surface area (TPSA) is 124 Å². The minimum atomic E-state index is -3.79. The van der Waals surface area contributed by atoms with E-state index in [1.54, 1.807) is 43.0 Å². The number of anilines is 1. The molecule has 1 amide bonds. The normalized spacial score (nSPS) is 17.5. The number of amides is 1. The summed E-state index contributed by atoms with van der Waals surface area (Å²) < 4.78 is 50.8. The standard InChI is InChI=1S/C22H29N3O6S2/c1-3-25(4-2)33(30,31)18-10-11-20(26)19(16-18)23-22(27)21(17-8-6-5-7-9-17)24-12-14-32(28,29)15-13-24/h5-11,16,21,26H,3-4,12-15H2,1-2H3,(H,23,27). The maximum Gasteiger partial charge on any atom is 0.246 e. The maximum atomic E-state index is 13.4. The monoisotopic (exact) mass is 495 g/mol. The Labute approximate surface area is 195 Å². The van der Waals surface area contributed by atoms with Crippen LogP contribution in [0.1, 0.15) is 25.5 Å². The van der Waals surface area contributed by atoms with Crippen molar-refractivity contribution in [3.63, 3.8) is 0 Å². The van der Waals surface area contributed by atoms with Gasteiger partial charge in [0.1, 0.15) is 11.8 Å². The smallest absolute Gasteiger partial charge is 0.246 e. The van der Waals surface area contributed by atoms with Crippen molar-refractivity contribution in [2.45, 2.75) is 24.8 Å². The number of rotatable bonds is 8. The van der Waals surface area contributed by atoms with E-state index in [4.69, 9.17) is 0 Å². The Balaban J connectivity index is 1.92. The van der Waals surface area contributed by atoms with Gasteiger partial charge >= 0.3 is 0 Å². The Morgan fingerprint density at radius 3 is 2.27 bits per heavy atom. The summed E-state index contributed by atoms with van der Waals surface area (Å²) in [7, 11) is -6.93. The second-order valence-corrected chi connectivity index (χ2v) is 12.0. The van der Waals surface area contributed by atoms with Crippen LogP contribution in [-0.2, 0) is 24.7 Å². The second-order valence-electron chi connectivity index (χ2n) is 7.76. The number of hydrogen-bond acceptors (Lipinski definition) is 7. The molecule has 11 heteroatoms. The highest BCUT2D eigenvalue weighted by molar-refractivity contribution is 7.91. The van der Waals surface area contributed by atoms with Crippen LogP contribution in [0.2, 0.25) is 0 Å². The Hall–Kier alpha value is -2.47. The summed E-state index contributed by atoms with van der Waals surface area (Å²) in [6.07, 6.45) is 0. The molecule has 180 valence electrons. The molecule has 1 unspecified atom stereocenters. The molecule has 2 aromatic rings. The average molecular weight is 496 g/mol. The van der Waals surface area contributed by atoms with Crippen molar-refractivity contribution < 1.29 is 26.7 Å². The highest BCUT2D eigenvalue weighted by Gasteiger charge is 2.33. The summed E-state index contributed by atoms with van der Waals surface area (Å²) in [5.41, 5.74) is 0.638. The molecule has 2 N–H and O–H groups in total. The highest BCUT2D eigenvalue weighted by Crippen LogP contribution is 2.31. The summed E-state index contributed by atoms with van der Waals surface area (Å²) >= 11 is 0. The molecule has 1 saturated heterocycles. The molecule has 9 nitrogen and oxygen atoms in total. The molecule has 1 aliphatic heterocycles. The number of sulfonamides is 1. The minimum absolute atomic E-state index is 0.0289. The number of carbonyl (C=O) groups is 1. The predicted octanol–water partition coefficient (Wildman–Crippen LogP) is 1.83. The number of carbonyl (C=O) groups excluding carboxylic acids is 1. The molecule has 2 aromatic carbocycles. The zero-order valence-corrected chi connectivity index (χ0v) is 20.3. The lowest BCUT2D eigenvalue weighted by Crippen LogP contribution is -2.46. The molecule has 0 aliphatic carbocycles. The zero-order chi connectivity index (χ0) is 24.2. The van der Waals surface area contributed by atoms with Gasteiger partial charge in [-0.05, 0) is 23.8 Å². The van der Waals surface area contributed by atoms with E-state index in [1.165, 1.54) is 22.5 Å².